The number of imide groups is 1. The minimum Gasteiger partial charge on any atom is -0.373 e. The molecular formula is C15H27N3O3. The van der Waals surface area contributed by atoms with Crippen molar-refractivity contribution in [3.8, 4) is 0 Å². The molecule has 1 heterocycles. The van der Waals surface area contributed by atoms with Crippen molar-refractivity contribution in [1.82, 2.24) is 15.5 Å². The lowest BCUT2D eigenvalue weighted by Gasteiger charge is -2.34. The molecule has 2 atom stereocenters. The second-order valence-electron chi connectivity index (χ2n) is 6.31. The predicted octanol–water partition coefficient (Wildman–Crippen LogP) is 1.25. The fraction of sp³-hybridized carbons (Fsp3) is 0.867. The van der Waals surface area contributed by atoms with E-state index in [-0.39, 0.29) is 36.7 Å². The first kappa shape index (κ1) is 16.2. The molecular weight excluding hydrogens is 270 g/mol. The fourth-order valence-electron chi connectivity index (χ4n) is 3.25. The summed E-state index contributed by atoms with van der Waals surface area (Å²) in [4.78, 5) is 25.8. The summed E-state index contributed by atoms with van der Waals surface area (Å²) in [5.74, 6) is -0.246. The molecule has 6 heteroatoms. The monoisotopic (exact) mass is 297 g/mol. The third kappa shape index (κ3) is 5.63. The lowest BCUT2D eigenvalue weighted by molar-refractivity contribution is -0.124. The Hall–Kier alpha value is -1.14. The molecule has 0 bridgehead atoms. The maximum Gasteiger partial charge on any atom is 0.321 e. The van der Waals surface area contributed by atoms with Crippen LogP contribution in [0.4, 0.5) is 4.79 Å². The first-order valence-corrected chi connectivity index (χ1v) is 8.01. The van der Waals surface area contributed by atoms with Crippen molar-refractivity contribution in [2.45, 2.75) is 64.2 Å². The van der Waals surface area contributed by atoms with Gasteiger partial charge in [0.15, 0.2) is 0 Å². The van der Waals surface area contributed by atoms with Crippen LogP contribution < -0.4 is 10.6 Å². The molecule has 0 aromatic carbocycles. The van der Waals surface area contributed by atoms with Crippen LogP contribution in [0.3, 0.4) is 0 Å². The number of morpholine rings is 1. The Morgan fingerprint density at radius 1 is 1.10 bits per heavy atom. The normalized spacial score (nSPS) is 28.1. The number of carbonyl (C=O) groups excluding carboxylic acids is 2. The highest BCUT2D eigenvalue weighted by Crippen LogP contribution is 2.17. The van der Waals surface area contributed by atoms with Crippen LogP contribution in [0.15, 0.2) is 0 Å². The summed E-state index contributed by atoms with van der Waals surface area (Å²) in [6, 6.07) is -0.142. The number of nitrogens with one attached hydrogen (secondary N) is 2. The summed E-state index contributed by atoms with van der Waals surface area (Å²) >= 11 is 0. The van der Waals surface area contributed by atoms with Gasteiger partial charge in [0.25, 0.3) is 0 Å². The van der Waals surface area contributed by atoms with Crippen LogP contribution in [-0.2, 0) is 9.53 Å². The Bertz CT molecular complexity index is 359. The number of ether oxygens (including phenoxy) is 1. The number of urea groups is 1. The van der Waals surface area contributed by atoms with Gasteiger partial charge in [0.2, 0.25) is 5.91 Å². The second kappa shape index (κ2) is 7.75. The molecule has 0 aromatic heterocycles. The zero-order valence-electron chi connectivity index (χ0n) is 13.1. The largest absolute Gasteiger partial charge is 0.373 e. The van der Waals surface area contributed by atoms with Gasteiger partial charge in [0, 0.05) is 19.1 Å². The Labute approximate surface area is 126 Å². The summed E-state index contributed by atoms with van der Waals surface area (Å²) in [7, 11) is 0. The van der Waals surface area contributed by atoms with E-state index in [0.29, 0.717) is 0 Å². The van der Waals surface area contributed by atoms with Gasteiger partial charge < -0.3 is 10.1 Å². The zero-order chi connectivity index (χ0) is 15.2. The molecule has 2 fully saturated rings. The highest BCUT2D eigenvalue weighted by atomic mass is 16.5. The molecule has 0 aromatic rings. The van der Waals surface area contributed by atoms with E-state index < -0.39 is 0 Å². The SMILES string of the molecule is C[C@H]1CN(CC(=O)NC(=O)NC2CCCCC2)C[C@H](C)O1. The molecule has 1 saturated carbocycles. The number of rotatable bonds is 3. The molecule has 0 spiro atoms. The van der Waals surface area contributed by atoms with Crippen LogP contribution in [-0.4, -0.2) is 54.7 Å². The van der Waals surface area contributed by atoms with Crippen LogP contribution >= 0.6 is 0 Å². The van der Waals surface area contributed by atoms with Gasteiger partial charge in [-0.3, -0.25) is 15.0 Å². The smallest absolute Gasteiger partial charge is 0.321 e. The zero-order valence-corrected chi connectivity index (χ0v) is 13.1. The van der Waals surface area contributed by atoms with Gasteiger partial charge in [-0.1, -0.05) is 19.3 Å². The first-order chi connectivity index (χ1) is 10.0. The third-order valence-corrected chi connectivity index (χ3v) is 4.06. The molecule has 3 amide bonds. The van der Waals surface area contributed by atoms with Gasteiger partial charge >= 0.3 is 6.03 Å². The highest BCUT2D eigenvalue weighted by molar-refractivity contribution is 5.95. The maximum absolute atomic E-state index is 11.9. The molecule has 21 heavy (non-hydrogen) atoms. The summed E-state index contributed by atoms with van der Waals surface area (Å²) in [6.45, 7) is 5.69. The molecule has 0 radical (unpaired) electrons. The number of carbonyl (C=O) groups is 2. The third-order valence-electron chi connectivity index (χ3n) is 4.06. The predicted molar refractivity (Wildman–Crippen MR) is 80.0 cm³/mol. The number of hydrogen-bond acceptors (Lipinski definition) is 4. The molecule has 120 valence electrons. The lowest BCUT2D eigenvalue weighted by Crippen LogP contribution is -2.52. The lowest BCUT2D eigenvalue weighted by atomic mass is 9.96. The van der Waals surface area contributed by atoms with Crippen LogP contribution in [0.2, 0.25) is 0 Å². The molecule has 2 rings (SSSR count). The molecule has 1 saturated heterocycles. The van der Waals surface area contributed by atoms with Crippen molar-refractivity contribution in [3.05, 3.63) is 0 Å². The standard InChI is InChI=1S/C15H27N3O3/c1-11-8-18(9-12(2)21-11)10-14(19)17-15(20)16-13-6-4-3-5-7-13/h11-13H,3-10H2,1-2H3,(H2,16,17,19,20)/t11-,12-/m0/s1. The van der Waals surface area contributed by atoms with E-state index in [4.69, 9.17) is 4.74 Å². The van der Waals surface area contributed by atoms with Crippen LogP contribution in [0.1, 0.15) is 46.0 Å². The number of amides is 3. The molecule has 6 nitrogen and oxygen atoms in total. The number of hydrogen-bond donors (Lipinski definition) is 2. The van der Waals surface area contributed by atoms with Crippen molar-refractivity contribution in [3.63, 3.8) is 0 Å². The fourth-order valence-corrected chi connectivity index (χ4v) is 3.25. The summed E-state index contributed by atoms with van der Waals surface area (Å²) in [6.07, 6.45) is 5.83. The van der Waals surface area contributed by atoms with Crippen LogP contribution in [0, 0.1) is 0 Å². The molecule has 1 aliphatic heterocycles. The summed E-state index contributed by atoms with van der Waals surface area (Å²) < 4.78 is 5.63. The molecule has 2 N–H and O–H groups in total. The highest BCUT2D eigenvalue weighted by Gasteiger charge is 2.24. The van der Waals surface area contributed by atoms with E-state index in [1.807, 2.05) is 18.7 Å². The number of nitrogens with zero attached hydrogens (tertiary/aromatic N) is 1. The van der Waals surface area contributed by atoms with Crippen LogP contribution in [0.5, 0.6) is 0 Å². The average Bonchev–Trinajstić information content (AvgIpc) is 2.37. The van der Waals surface area contributed by atoms with E-state index in [2.05, 4.69) is 10.6 Å². The minimum absolute atomic E-state index is 0.123. The molecule has 0 unspecified atom stereocenters. The molecule has 2 aliphatic rings. The topological polar surface area (TPSA) is 70.7 Å². The van der Waals surface area contributed by atoms with E-state index >= 15 is 0 Å². The van der Waals surface area contributed by atoms with E-state index in [1.54, 1.807) is 0 Å². The van der Waals surface area contributed by atoms with E-state index in [1.165, 1.54) is 6.42 Å². The van der Waals surface area contributed by atoms with Gasteiger partial charge in [-0.05, 0) is 26.7 Å². The Balaban J connectivity index is 1.69. The van der Waals surface area contributed by atoms with Gasteiger partial charge in [-0.15, -0.1) is 0 Å². The van der Waals surface area contributed by atoms with Crippen LogP contribution in [0.25, 0.3) is 0 Å². The summed E-state index contributed by atoms with van der Waals surface area (Å²) in [5.41, 5.74) is 0. The van der Waals surface area contributed by atoms with Crippen molar-refractivity contribution < 1.29 is 14.3 Å². The van der Waals surface area contributed by atoms with Crippen molar-refractivity contribution in [1.29, 1.82) is 0 Å². The van der Waals surface area contributed by atoms with Gasteiger partial charge in [0.05, 0.1) is 18.8 Å². The van der Waals surface area contributed by atoms with Crippen molar-refractivity contribution in [2.24, 2.45) is 0 Å². The van der Waals surface area contributed by atoms with Gasteiger partial charge in [-0.25, -0.2) is 4.79 Å². The maximum atomic E-state index is 11.9. The van der Waals surface area contributed by atoms with Gasteiger partial charge in [0.1, 0.15) is 0 Å². The molecule has 1 aliphatic carbocycles. The Morgan fingerprint density at radius 3 is 2.33 bits per heavy atom. The van der Waals surface area contributed by atoms with E-state index in [9.17, 15) is 9.59 Å². The second-order valence-corrected chi connectivity index (χ2v) is 6.31. The van der Waals surface area contributed by atoms with Crippen molar-refractivity contribution >= 4 is 11.9 Å². The van der Waals surface area contributed by atoms with Gasteiger partial charge in [-0.2, -0.15) is 0 Å². The Kier molecular flexibility index (Phi) is 5.99. The van der Waals surface area contributed by atoms with Crippen molar-refractivity contribution in [2.75, 3.05) is 19.6 Å². The summed E-state index contributed by atoms with van der Waals surface area (Å²) in [5, 5.41) is 5.32. The minimum atomic E-state index is -0.360. The quantitative estimate of drug-likeness (QED) is 0.822. The Morgan fingerprint density at radius 2 is 1.71 bits per heavy atom. The first-order valence-electron chi connectivity index (χ1n) is 8.01. The average molecular weight is 297 g/mol. The van der Waals surface area contributed by atoms with E-state index in [0.717, 1.165) is 38.8 Å².